The van der Waals surface area contributed by atoms with Crippen molar-refractivity contribution in [3.05, 3.63) is 48.0 Å². The second-order valence-corrected chi connectivity index (χ2v) is 5.38. The third kappa shape index (κ3) is 4.51. The molecule has 0 aliphatic rings. The predicted molar refractivity (Wildman–Crippen MR) is 97.4 cm³/mol. The van der Waals surface area contributed by atoms with Crippen LogP contribution in [0.3, 0.4) is 0 Å². The molecule has 134 valence electrons. The van der Waals surface area contributed by atoms with E-state index in [0.29, 0.717) is 28.4 Å². The fraction of sp³-hybridized carbons (Fsp3) is 0.211. The van der Waals surface area contributed by atoms with Gasteiger partial charge in [0.15, 0.2) is 0 Å². The Morgan fingerprint density at radius 3 is 2.35 bits per heavy atom. The summed E-state index contributed by atoms with van der Waals surface area (Å²) in [5.74, 6) is 0.363. The Morgan fingerprint density at radius 2 is 1.81 bits per heavy atom. The molecule has 0 bridgehead atoms. The fourth-order valence-corrected chi connectivity index (χ4v) is 2.35. The van der Waals surface area contributed by atoms with Crippen LogP contribution >= 0.6 is 0 Å². The largest absolute Gasteiger partial charge is 0.497 e. The summed E-state index contributed by atoms with van der Waals surface area (Å²) in [4.78, 5) is 25.7. The molecule has 0 aromatic heterocycles. The Morgan fingerprint density at radius 1 is 1.12 bits per heavy atom. The molecule has 0 radical (unpaired) electrons. The minimum Gasteiger partial charge on any atom is -0.497 e. The predicted octanol–water partition coefficient (Wildman–Crippen LogP) is 2.57. The van der Waals surface area contributed by atoms with Gasteiger partial charge < -0.3 is 19.7 Å². The topological polar surface area (TPSA) is 91.7 Å². The molecule has 0 aliphatic heterocycles. The first-order valence-corrected chi connectivity index (χ1v) is 7.78. The molecule has 0 atom stereocenters. The molecule has 0 heterocycles. The first-order valence-electron chi connectivity index (χ1n) is 7.78. The zero-order valence-corrected chi connectivity index (χ0v) is 14.8. The molecule has 0 saturated heterocycles. The Balaban J connectivity index is 2.18. The van der Waals surface area contributed by atoms with Gasteiger partial charge in [0, 0.05) is 18.7 Å². The van der Waals surface area contributed by atoms with Crippen molar-refractivity contribution in [2.45, 2.75) is 6.92 Å². The van der Waals surface area contributed by atoms with Crippen LogP contribution < -0.4 is 19.7 Å². The summed E-state index contributed by atoms with van der Waals surface area (Å²) in [5.41, 5.74) is 1.45. The van der Waals surface area contributed by atoms with Gasteiger partial charge in [-0.15, -0.1) is 0 Å². The molecule has 1 N–H and O–H groups in total. The van der Waals surface area contributed by atoms with Crippen LogP contribution in [0.4, 0.5) is 11.4 Å². The molecule has 2 aromatic rings. The monoisotopic (exact) mass is 353 g/mol. The Hall–Kier alpha value is -3.53. The second-order valence-electron chi connectivity index (χ2n) is 5.38. The van der Waals surface area contributed by atoms with Gasteiger partial charge in [0.05, 0.1) is 31.5 Å². The van der Waals surface area contributed by atoms with Gasteiger partial charge in [-0.25, -0.2) is 0 Å². The second kappa shape index (κ2) is 8.53. The highest BCUT2D eigenvalue weighted by Crippen LogP contribution is 2.29. The van der Waals surface area contributed by atoms with Gasteiger partial charge in [0.25, 0.3) is 0 Å². The lowest BCUT2D eigenvalue weighted by molar-refractivity contribution is -0.120. The fourth-order valence-electron chi connectivity index (χ4n) is 2.35. The molecule has 2 aromatic carbocycles. The van der Waals surface area contributed by atoms with Crippen molar-refractivity contribution in [2.24, 2.45) is 0 Å². The smallest absolute Gasteiger partial charge is 0.244 e. The van der Waals surface area contributed by atoms with E-state index in [0.717, 1.165) is 0 Å². The van der Waals surface area contributed by atoms with E-state index in [9.17, 15) is 9.59 Å². The van der Waals surface area contributed by atoms with Crippen molar-refractivity contribution < 1.29 is 19.1 Å². The Kier molecular flexibility index (Phi) is 6.17. The van der Waals surface area contributed by atoms with E-state index in [-0.39, 0.29) is 12.5 Å². The van der Waals surface area contributed by atoms with Crippen LogP contribution in [-0.4, -0.2) is 32.6 Å². The van der Waals surface area contributed by atoms with E-state index in [1.807, 2.05) is 6.07 Å². The maximum Gasteiger partial charge on any atom is 0.244 e. The summed E-state index contributed by atoms with van der Waals surface area (Å²) >= 11 is 0. The number of methoxy groups -OCH3 is 2. The Labute approximate surface area is 151 Å². The maximum absolute atomic E-state index is 12.4. The van der Waals surface area contributed by atoms with Crippen LogP contribution in [0.1, 0.15) is 12.5 Å². The number of benzene rings is 2. The minimum atomic E-state index is -0.392. The summed E-state index contributed by atoms with van der Waals surface area (Å²) in [5, 5.41) is 11.6. The van der Waals surface area contributed by atoms with Gasteiger partial charge >= 0.3 is 0 Å². The van der Waals surface area contributed by atoms with Crippen molar-refractivity contribution in [3.63, 3.8) is 0 Å². The molecule has 2 amide bonds. The highest BCUT2D eigenvalue weighted by atomic mass is 16.5. The van der Waals surface area contributed by atoms with Crippen LogP contribution in [0.2, 0.25) is 0 Å². The van der Waals surface area contributed by atoms with Crippen molar-refractivity contribution >= 4 is 23.2 Å². The molecule has 0 aliphatic carbocycles. The third-order valence-electron chi connectivity index (χ3n) is 3.67. The van der Waals surface area contributed by atoms with Gasteiger partial charge in [0.2, 0.25) is 11.8 Å². The summed E-state index contributed by atoms with van der Waals surface area (Å²) in [6, 6.07) is 13.5. The molecule has 0 fully saturated rings. The van der Waals surface area contributed by atoms with Gasteiger partial charge in [-0.05, 0) is 36.4 Å². The number of nitrogens with zero attached hydrogens (tertiary/aromatic N) is 2. The van der Waals surface area contributed by atoms with Gasteiger partial charge in [-0.3, -0.25) is 9.59 Å². The lowest BCUT2D eigenvalue weighted by atomic mass is 10.2. The van der Waals surface area contributed by atoms with Crippen LogP contribution in [-0.2, 0) is 9.59 Å². The number of carbonyl (C=O) groups excluding carboxylic acids is 2. The number of ether oxygens (including phenoxy) is 2. The number of carbonyl (C=O) groups is 2. The zero-order valence-electron chi connectivity index (χ0n) is 14.8. The molecule has 26 heavy (non-hydrogen) atoms. The minimum absolute atomic E-state index is 0.179. The van der Waals surface area contributed by atoms with Crippen molar-refractivity contribution in [3.8, 4) is 17.6 Å². The summed E-state index contributed by atoms with van der Waals surface area (Å²) in [7, 11) is 3.02. The molecule has 0 spiro atoms. The van der Waals surface area contributed by atoms with Crippen molar-refractivity contribution in [2.75, 3.05) is 31.0 Å². The SMILES string of the molecule is COc1ccc(OC)c(NC(=O)CN(C(C)=O)c2ccc(C#N)cc2)c1. The molecule has 0 unspecified atom stereocenters. The van der Waals surface area contributed by atoms with Crippen molar-refractivity contribution in [1.82, 2.24) is 0 Å². The highest BCUT2D eigenvalue weighted by Gasteiger charge is 2.17. The number of anilines is 2. The summed E-state index contributed by atoms with van der Waals surface area (Å²) in [6.45, 7) is 1.19. The third-order valence-corrected chi connectivity index (χ3v) is 3.67. The number of rotatable bonds is 6. The number of nitrogens with one attached hydrogen (secondary N) is 1. The molecule has 7 heteroatoms. The average molecular weight is 353 g/mol. The standard InChI is InChI=1S/C19H19N3O4/c1-13(23)22(15-6-4-14(11-20)5-7-15)12-19(24)21-17-10-16(25-2)8-9-18(17)26-3/h4-10H,12H2,1-3H3,(H,21,24). The summed E-state index contributed by atoms with van der Waals surface area (Å²) < 4.78 is 10.4. The van der Waals surface area contributed by atoms with E-state index in [2.05, 4.69) is 5.32 Å². The number of nitriles is 1. The summed E-state index contributed by atoms with van der Waals surface area (Å²) in [6.07, 6.45) is 0. The Bertz CT molecular complexity index is 841. The molecular weight excluding hydrogens is 334 g/mol. The van der Waals surface area contributed by atoms with E-state index >= 15 is 0 Å². The normalized spacial score (nSPS) is 9.77. The van der Waals surface area contributed by atoms with Crippen LogP contribution in [0.25, 0.3) is 0 Å². The molecular formula is C19H19N3O4. The molecule has 2 rings (SSSR count). The first-order chi connectivity index (χ1) is 12.5. The van der Waals surface area contributed by atoms with Gasteiger partial charge in [-0.1, -0.05) is 0 Å². The van der Waals surface area contributed by atoms with Crippen LogP contribution in [0.15, 0.2) is 42.5 Å². The zero-order chi connectivity index (χ0) is 19.1. The van der Waals surface area contributed by atoms with E-state index in [1.165, 1.54) is 26.0 Å². The van der Waals surface area contributed by atoms with E-state index < -0.39 is 5.91 Å². The lowest BCUT2D eigenvalue weighted by Crippen LogP contribution is -2.36. The molecule has 0 saturated carbocycles. The maximum atomic E-state index is 12.4. The quantitative estimate of drug-likeness (QED) is 0.862. The van der Waals surface area contributed by atoms with Gasteiger partial charge in [0.1, 0.15) is 18.0 Å². The first kappa shape index (κ1) is 18.8. The molecule has 7 nitrogen and oxygen atoms in total. The van der Waals surface area contributed by atoms with Crippen LogP contribution in [0.5, 0.6) is 11.5 Å². The number of amides is 2. The highest BCUT2D eigenvalue weighted by molar-refractivity contribution is 6.02. The van der Waals surface area contributed by atoms with E-state index in [1.54, 1.807) is 42.5 Å². The van der Waals surface area contributed by atoms with Gasteiger partial charge in [-0.2, -0.15) is 5.26 Å². The van der Waals surface area contributed by atoms with E-state index in [4.69, 9.17) is 14.7 Å². The van der Waals surface area contributed by atoms with Crippen LogP contribution in [0, 0.1) is 11.3 Å². The lowest BCUT2D eigenvalue weighted by Gasteiger charge is -2.21. The average Bonchev–Trinajstić information content (AvgIpc) is 2.66. The number of hydrogen-bond donors (Lipinski definition) is 1. The number of hydrogen-bond acceptors (Lipinski definition) is 5. The van der Waals surface area contributed by atoms with Crippen molar-refractivity contribution in [1.29, 1.82) is 5.26 Å².